The van der Waals surface area contributed by atoms with Gasteiger partial charge in [-0.2, -0.15) is 0 Å². The number of nitrogens with zero attached hydrogens (tertiary/aromatic N) is 1. The summed E-state index contributed by atoms with van der Waals surface area (Å²) in [6.45, 7) is 3.91. The standard InChI is InChI=1S/C15H20ClNO2/c1-11-14(15(18)19)6-3-8-17(11)9-7-12-4-2-5-13(16)10-12/h2,4-5,10-11,14H,3,6-9H2,1H3,(H,18,19)/t11-,14-/m1/s1. The number of halogens is 1. The third kappa shape index (κ3) is 3.71. The van der Waals surface area contributed by atoms with E-state index in [2.05, 4.69) is 11.0 Å². The highest BCUT2D eigenvalue weighted by Gasteiger charge is 2.32. The Morgan fingerprint density at radius 1 is 1.53 bits per heavy atom. The Balaban J connectivity index is 1.93. The molecule has 104 valence electrons. The van der Waals surface area contributed by atoms with E-state index in [9.17, 15) is 9.90 Å². The van der Waals surface area contributed by atoms with Crippen LogP contribution in [-0.4, -0.2) is 35.1 Å². The Kier molecular flexibility index (Phi) is 4.83. The molecule has 4 heteroatoms. The number of hydrogen-bond acceptors (Lipinski definition) is 2. The molecule has 2 atom stereocenters. The molecule has 0 unspecified atom stereocenters. The fraction of sp³-hybridized carbons (Fsp3) is 0.533. The minimum absolute atomic E-state index is 0.116. The van der Waals surface area contributed by atoms with Crippen molar-refractivity contribution < 1.29 is 9.90 Å². The summed E-state index contributed by atoms with van der Waals surface area (Å²) in [5.41, 5.74) is 1.21. The van der Waals surface area contributed by atoms with Crippen molar-refractivity contribution in [3.8, 4) is 0 Å². The number of piperidine rings is 1. The highest BCUT2D eigenvalue weighted by Crippen LogP contribution is 2.24. The predicted octanol–water partition coefficient (Wildman–Crippen LogP) is 3.07. The zero-order valence-electron chi connectivity index (χ0n) is 11.2. The SMILES string of the molecule is C[C@@H]1[C@H](C(=O)O)CCCN1CCc1cccc(Cl)c1. The molecule has 0 radical (unpaired) electrons. The van der Waals surface area contributed by atoms with Crippen LogP contribution in [0.25, 0.3) is 0 Å². The van der Waals surface area contributed by atoms with Crippen LogP contribution in [-0.2, 0) is 11.2 Å². The van der Waals surface area contributed by atoms with E-state index in [1.165, 1.54) is 5.56 Å². The summed E-state index contributed by atoms with van der Waals surface area (Å²) in [7, 11) is 0. The number of likely N-dealkylation sites (tertiary alicyclic amines) is 1. The zero-order valence-corrected chi connectivity index (χ0v) is 11.9. The number of carboxylic acid groups (broad SMARTS) is 1. The lowest BCUT2D eigenvalue weighted by molar-refractivity contribution is -0.145. The fourth-order valence-electron chi connectivity index (χ4n) is 2.82. The maximum Gasteiger partial charge on any atom is 0.308 e. The minimum Gasteiger partial charge on any atom is -0.481 e. The first-order valence-electron chi connectivity index (χ1n) is 6.79. The number of carboxylic acids is 1. The summed E-state index contributed by atoms with van der Waals surface area (Å²) in [5, 5.41) is 9.96. The second-order valence-corrected chi connectivity index (χ2v) is 5.68. The van der Waals surface area contributed by atoms with Gasteiger partial charge in [0.2, 0.25) is 0 Å². The van der Waals surface area contributed by atoms with Crippen LogP contribution < -0.4 is 0 Å². The van der Waals surface area contributed by atoms with Crippen LogP contribution in [0.15, 0.2) is 24.3 Å². The van der Waals surface area contributed by atoms with Gasteiger partial charge in [-0.25, -0.2) is 0 Å². The molecule has 0 spiro atoms. The van der Waals surface area contributed by atoms with Gasteiger partial charge < -0.3 is 5.11 Å². The highest BCUT2D eigenvalue weighted by atomic mass is 35.5. The van der Waals surface area contributed by atoms with Crippen LogP contribution in [0.3, 0.4) is 0 Å². The summed E-state index contributed by atoms with van der Waals surface area (Å²) < 4.78 is 0. The van der Waals surface area contributed by atoms with Crippen LogP contribution in [0, 0.1) is 5.92 Å². The number of rotatable bonds is 4. The van der Waals surface area contributed by atoms with Gasteiger partial charge in [-0.15, -0.1) is 0 Å². The van der Waals surface area contributed by atoms with E-state index < -0.39 is 5.97 Å². The largest absolute Gasteiger partial charge is 0.481 e. The van der Waals surface area contributed by atoms with Gasteiger partial charge in [-0.3, -0.25) is 9.69 Å². The topological polar surface area (TPSA) is 40.5 Å². The minimum atomic E-state index is -0.667. The summed E-state index contributed by atoms with van der Waals surface area (Å²) in [4.78, 5) is 13.5. The van der Waals surface area contributed by atoms with Crippen molar-refractivity contribution in [1.29, 1.82) is 0 Å². The highest BCUT2D eigenvalue weighted by molar-refractivity contribution is 6.30. The van der Waals surface area contributed by atoms with Crippen molar-refractivity contribution in [2.24, 2.45) is 5.92 Å². The normalized spacial score (nSPS) is 24.3. The van der Waals surface area contributed by atoms with Crippen molar-refractivity contribution in [2.45, 2.75) is 32.2 Å². The van der Waals surface area contributed by atoms with E-state index in [1.807, 2.05) is 25.1 Å². The van der Waals surface area contributed by atoms with Gasteiger partial charge in [0.15, 0.2) is 0 Å². The lowest BCUT2D eigenvalue weighted by Crippen LogP contribution is -2.46. The molecule has 0 aromatic heterocycles. The van der Waals surface area contributed by atoms with Crippen LogP contribution in [0.1, 0.15) is 25.3 Å². The first kappa shape index (κ1) is 14.4. The van der Waals surface area contributed by atoms with E-state index in [0.717, 1.165) is 37.4 Å². The molecule has 19 heavy (non-hydrogen) atoms. The quantitative estimate of drug-likeness (QED) is 0.922. The number of carbonyl (C=O) groups is 1. The second kappa shape index (κ2) is 6.40. The van der Waals surface area contributed by atoms with Crippen molar-refractivity contribution in [1.82, 2.24) is 4.90 Å². The maximum absolute atomic E-state index is 11.2. The lowest BCUT2D eigenvalue weighted by atomic mass is 9.90. The van der Waals surface area contributed by atoms with Gasteiger partial charge in [0.05, 0.1) is 5.92 Å². The molecule has 1 fully saturated rings. The third-order valence-corrected chi connectivity index (χ3v) is 4.25. The van der Waals surface area contributed by atoms with Gasteiger partial charge in [0, 0.05) is 17.6 Å². The van der Waals surface area contributed by atoms with Crippen molar-refractivity contribution >= 4 is 17.6 Å². The maximum atomic E-state index is 11.2. The molecule has 1 aliphatic heterocycles. The molecule has 0 bridgehead atoms. The van der Waals surface area contributed by atoms with Gasteiger partial charge in [0.1, 0.15) is 0 Å². The fourth-order valence-corrected chi connectivity index (χ4v) is 3.04. The monoisotopic (exact) mass is 281 g/mol. The number of hydrogen-bond donors (Lipinski definition) is 1. The Hall–Kier alpha value is -1.06. The average molecular weight is 282 g/mol. The molecule has 0 saturated carbocycles. The molecule has 2 rings (SSSR count). The molecule has 1 N–H and O–H groups in total. The molecule has 1 heterocycles. The lowest BCUT2D eigenvalue weighted by Gasteiger charge is -2.37. The Morgan fingerprint density at radius 3 is 3.00 bits per heavy atom. The number of benzene rings is 1. The number of aliphatic carboxylic acids is 1. The van der Waals surface area contributed by atoms with Crippen LogP contribution in [0.2, 0.25) is 5.02 Å². The molecule has 0 amide bonds. The van der Waals surface area contributed by atoms with Crippen LogP contribution in [0.4, 0.5) is 0 Å². The van der Waals surface area contributed by atoms with Gasteiger partial charge in [-0.05, 0) is 50.4 Å². The Morgan fingerprint density at radius 2 is 2.32 bits per heavy atom. The first-order chi connectivity index (χ1) is 9.08. The van der Waals surface area contributed by atoms with Gasteiger partial charge in [0.25, 0.3) is 0 Å². The molecular formula is C15H20ClNO2. The molecule has 1 aromatic carbocycles. The molecule has 3 nitrogen and oxygen atoms in total. The third-order valence-electron chi connectivity index (χ3n) is 4.01. The molecule has 0 aliphatic carbocycles. The molecule has 1 aromatic rings. The van der Waals surface area contributed by atoms with E-state index in [-0.39, 0.29) is 12.0 Å². The zero-order chi connectivity index (χ0) is 13.8. The van der Waals surface area contributed by atoms with Crippen LogP contribution in [0.5, 0.6) is 0 Å². The van der Waals surface area contributed by atoms with E-state index >= 15 is 0 Å². The summed E-state index contributed by atoms with van der Waals surface area (Å²) in [5.74, 6) is -0.895. The smallest absolute Gasteiger partial charge is 0.308 e. The van der Waals surface area contributed by atoms with E-state index in [4.69, 9.17) is 11.6 Å². The second-order valence-electron chi connectivity index (χ2n) is 5.24. The summed E-state index contributed by atoms with van der Waals surface area (Å²) in [6, 6.07) is 7.98. The Labute approximate surface area is 119 Å². The summed E-state index contributed by atoms with van der Waals surface area (Å²) >= 11 is 5.97. The average Bonchev–Trinajstić information content (AvgIpc) is 2.37. The van der Waals surface area contributed by atoms with E-state index in [1.54, 1.807) is 0 Å². The van der Waals surface area contributed by atoms with Gasteiger partial charge >= 0.3 is 5.97 Å². The first-order valence-corrected chi connectivity index (χ1v) is 7.17. The molecule has 1 aliphatic rings. The van der Waals surface area contributed by atoms with Crippen molar-refractivity contribution in [3.05, 3.63) is 34.9 Å². The van der Waals surface area contributed by atoms with Gasteiger partial charge in [-0.1, -0.05) is 23.7 Å². The molecule has 1 saturated heterocycles. The summed E-state index contributed by atoms with van der Waals surface area (Å²) in [6.07, 6.45) is 2.68. The Bertz CT molecular complexity index is 450. The van der Waals surface area contributed by atoms with Crippen LogP contribution >= 0.6 is 11.6 Å². The predicted molar refractivity (Wildman–Crippen MR) is 76.6 cm³/mol. The molecular weight excluding hydrogens is 262 g/mol. The van der Waals surface area contributed by atoms with Crippen molar-refractivity contribution in [3.63, 3.8) is 0 Å². The van der Waals surface area contributed by atoms with E-state index in [0.29, 0.717) is 0 Å². The van der Waals surface area contributed by atoms with Crippen molar-refractivity contribution in [2.75, 3.05) is 13.1 Å².